The van der Waals surface area contributed by atoms with Gasteiger partial charge >= 0.3 is 0 Å². The Labute approximate surface area is 160 Å². The van der Waals surface area contributed by atoms with Crippen molar-refractivity contribution in [3.63, 3.8) is 0 Å². The quantitative estimate of drug-likeness (QED) is 0.645. The normalized spacial score (nSPS) is 17.3. The van der Waals surface area contributed by atoms with E-state index in [9.17, 15) is 0 Å². The lowest BCUT2D eigenvalue weighted by atomic mass is 10.1. The Kier molecular flexibility index (Phi) is 4.53. The molecule has 26 heavy (non-hydrogen) atoms. The summed E-state index contributed by atoms with van der Waals surface area (Å²) in [6, 6.07) is 7.18. The maximum absolute atomic E-state index is 4.91. The van der Waals surface area contributed by atoms with Gasteiger partial charge in [0.05, 0.1) is 15.7 Å². The van der Waals surface area contributed by atoms with Gasteiger partial charge < -0.3 is 0 Å². The Morgan fingerprint density at radius 2 is 1.92 bits per heavy atom. The lowest BCUT2D eigenvalue weighted by molar-refractivity contribution is 0.220. The van der Waals surface area contributed by atoms with Crippen molar-refractivity contribution in [2.24, 2.45) is 7.05 Å². The molecular formula is C20H28N4SSi. The molecule has 1 aliphatic heterocycles. The van der Waals surface area contributed by atoms with Gasteiger partial charge in [-0.2, -0.15) is 5.10 Å². The van der Waals surface area contributed by atoms with E-state index in [1.54, 1.807) is 11.3 Å². The zero-order chi connectivity index (χ0) is 18.5. The molecule has 3 heterocycles. The molecule has 2 aromatic heterocycles. The van der Waals surface area contributed by atoms with E-state index in [1.165, 1.54) is 26.8 Å². The van der Waals surface area contributed by atoms with Crippen LogP contribution in [0.5, 0.6) is 0 Å². The molecule has 1 unspecified atom stereocenters. The van der Waals surface area contributed by atoms with Crippen molar-refractivity contribution in [2.45, 2.75) is 45.4 Å². The molecule has 3 aromatic rings. The third-order valence-electron chi connectivity index (χ3n) is 5.65. The summed E-state index contributed by atoms with van der Waals surface area (Å²) >= 11 is 1.71. The van der Waals surface area contributed by atoms with Crippen LogP contribution in [0.4, 0.5) is 0 Å². The Bertz CT molecular complexity index is 937. The van der Waals surface area contributed by atoms with Crippen LogP contribution < -0.4 is 5.32 Å². The summed E-state index contributed by atoms with van der Waals surface area (Å²) in [5, 5.41) is 6.32. The lowest BCUT2D eigenvalue weighted by Crippen LogP contribution is -2.42. The SMILES string of the molecule is CC(c1ccc2scnc2c1)N1CCc2c([Si](C)(C)C)nn(C)c2CC1. The summed E-state index contributed by atoms with van der Waals surface area (Å²) in [5.74, 6) is 0. The maximum atomic E-state index is 4.91. The highest BCUT2D eigenvalue weighted by atomic mass is 32.1. The van der Waals surface area contributed by atoms with Gasteiger partial charge in [-0.05, 0) is 36.6 Å². The second kappa shape index (κ2) is 6.58. The zero-order valence-electron chi connectivity index (χ0n) is 16.4. The molecule has 0 N–H and O–H groups in total. The second-order valence-corrected chi connectivity index (χ2v) is 14.3. The zero-order valence-corrected chi connectivity index (χ0v) is 18.2. The molecule has 1 aromatic carbocycles. The molecule has 0 radical (unpaired) electrons. The number of fused-ring (bicyclic) bond motifs is 2. The van der Waals surface area contributed by atoms with E-state index in [0.717, 1.165) is 31.4 Å². The lowest BCUT2D eigenvalue weighted by Gasteiger charge is -2.28. The molecule has 0 fully saturated rings. The van der Waals surface area contributed by atoms with Crippen LogP contribution in [0.1, 0.15) is 29.8 Å². The molecule has 1 aliphatic rings. The number of rotatable bonds is 3. The van der Waals surface area contributed by atoms with Crippen LogP contribution in [-0.2, 0) is 19.9 Å². The largest absolute Gasteiger partial charge is 0.296 e. The Morgan fingerprint density at radius 1 is 1.15 bits per heavy atom. The molecule has 1 atom stereocenters. The van der Waals surface area contributed by atoms with E-state index in [1.807, 2.05) is 5.51 Å². The van der Waals surface area contributed by atoms with Crippen LogP contribution in [0.15, 0.2) is 23.7 Å². The molecule has 0 saturated heterocycles. The van der Waals surface area contributed by atoms with Crippen LogP contribution in [0, 0.1) is 0 Å². The molecule has 0 bridgehead atoms. The summed E-state index contributed by atoms with van der Waals surface area (Å²) in [6.45, 7) is 11.7. The average Bonchev–Trinajstić information content (AvgIpc) is 3.11. The van der Waals surface area contributed by atoms with Gasteiger partial charge in [-0.25, -0.2) is 4.98 Å². The molecule has 0 saturated carbocycles. The third-order valence-corrected chi connectivity index (χ3v) is 8.29. The smallest absolute Gasteiger partial charge is 0.104 e. The topological polar surface area (TPSA) is 34.0 Å². The van der Waals surface area contributed by atoms with Gasteiger partial charge in [0.2, 0.25) is 0 Å². The molecule has 0 spiro atoms. The number of thiazole rings is 1. The van der Waals surface area contributed by atoms with E-state index < -0.39 is 8.07 Å². The van der Waals surface area contributed by atoms with Gasteiger partial charge in [0, 0.05) is 43.6 Å². The minimum atomic E-state index is -1.41. The molecule has 6 heteroatoms. The maximum Gasteiger partial charge on any atom is 0.104 e. The van der Waals surface area contributed by atoms with E-state index in [-0.39, 0.29) is 0 Å². The van der Waals surface area contributed by atoms with Crippen molar-refractivity contribution < 1.29 is 0 Å². The van der Waals surface area contributed by atoms with E-state index in [0.29, 0.717) is 6.04 Å². The van der Waals surface area contributed by atoms with E-state index in [4.69, 9.17) is 5.10 Å². The van der Waals surface area contributed by atoms with Gasteiger partial charge in [-0.3, -0.25) is 9.58 Å². The molecule has 4 nitrogen and oxygen atoms in total. The summed E-state index contributed by atoms with van der Waals surface area (Å²) in [5.41, 5.74) is 7.43. The Hall–Kier alpha value is -1.50. The predicted octanol–water partition coefficient (Wildman–Crippen LogP) is 3.74. The number of nitrogens with zero attached hydrogens (tertiary/aromatic N) is 4. The van der Waals surface area contributed by atoms with Crippen LogP contribution in [0.3, 0.4) is 0 Å². The van der Waals surface area contributed by atoms with Gasteiger partial charge in [0.1, 0.15) is 8.07 Å². The fraction of sp³-hybridized carbons (Fsp3) is 0.500. The Morgan fingerprint density at radius 3 is 2.69 bits per heavy atom. The van der Waals surface area contributed by atoms with Gasteiger partial charge in [-0.1, -0.05) is 25.7 Å². The number of hydrogen-bond donors (Lipinski definition) is 0. The van der Waals surface area contributed by atoms with Crippen molar-refractivity contribution in [3.8, 4) is 0 Å². The third kappa shape index (κ3) is 3.14. The van der Waals surface area contributed by atoms with Crippen LogP contribution in [-0.4, -0.2) is 40.8 Å². The molecule has 4 rings (SSSR count). The first-order chi connectivity index (χ1) is 12.3. The number of benzene rings is 1. The standard InChI is InChI=1S/C20H28N4SSi/c1-14(15-6-7-19-17(12-15)21-13-25-19)24-10-8-16-18(9-11-24)23(2)22-20(16)26(3,4)5/h6-7,12-14H,8-11H2,1-5H3. The van der Waals surface area contributed by atoms with Crippen LogP contribution >= 0.6 is 11.3 Å². The number of aryl methyl sites for hydroxylation is 1. The highest BCUT2D eigenvalue weighted by Gasteiger charge is 2.30. The fourth-order valence-corrected chi connectivity index (χ4v) is 6.41. The molecule has 138 valence electrons. The van der Waals surface area contributed by atoms with Crippen molar-refractivity contribution in [3.05, 3.63) is 40.5 Å². The van der Waals surface area contributed by atoms with Crippen molar-refractivity contribution in [1.82, 2.24) is 19.7 Å². The first kappa shape index (κ1) is 17.9. The van der Waals surface area contributed by atoms with Crippen molar-refractivity contribution >= 4 is 34.9 Å². The molecule has 0 aliphatic carbocycles. The average molecular weight is 385 g/mol. The summed E-state index contributed by atoms with van der Waals surface area (Å²) in [4.78, 5) is 7.12. The fourth-order valence-electron chi connectivity index (χ4n) is 4.13. The summed E-state index contributed by atoms with van der Waals surface area (Å²) in [6.07, 6.45) is 2.21. The first-order valence-electron chi connectivity index (χ1n) is 9.47. The van der Waals surface area contributed by atoms with Crippen molar-refractivity contribution in [1.29, 1.82) is 0 Å². The van der Waals surface area contributed by atoms with Crippen molar-refractivity contribution in [2.75, 3.05) is 13.1 Å². The van der Waals surface area contributed by atoms with Crippen LogP contribution in [0.25, 0.3) is 10.2 Å². The van der Waals surface area contributed by atoms with E-state index in [2.05, 4.69) is 66.4 Å². The highest BCUT2D eigenvalue weighted by molar-refractivity contribution is 7.16. The first-order valence-corrected chi connectivity index (χ1v) is 13.8. The summed E-state index contributed by atoms with van der Waals surface area (Å²) < 4.78 is 3.42. The number of aromatic nitrogens is 3. The number of hydrogen-bond acceptors (Lipinski definition) is 4. The minimum Gasteiger partial charge on any atom is -0.296 e. The highest BCUT2D eigenvalue weighted by Crippen LogP contribution is 2.28. The second-order valence-electron chi connectivity index (χ2n) is 8.44. The monoisotopic (exact) mass is 384 g/mol. The van der Waals surface area contributed by atoms with Gasteiger partial charge in [-0.15, -0.1) is 11.3 Å². The van der Waals surface area contributed by atoms with Crippen LogP contribution in [0.2, 0.25) is 19.6 Å². The minimum absolute atomic E-state index is 0.415. The Balaban J connectivity index is 1.58. The molecular weight excluding hydrogens is 356 g/mol. The molecule has 0 amide bonds. The van der Waals surface area contributed by atoms with Gasteiger partial charge in [0.15, 0.2) is 0 Å². The van der Waals surface area contributed by atoms with E-state index >= 15 is 0 Å². The van der Waals surface area contributed by atoms with Gasteiger partial charge in [0.25, 0.3) is 0 Å². The summed E-state index contributed by atoms with van der Waals surface area (Å²) in [7, 11) is 0.715. The predicted molar refractivity (Wildman–Crippen MR) is 113 cm³/mol.